The van der Waals surface area contributed by atoms with E-state index < -0.39 is 12.0 Å². The zero-order valence-electron chi connectivity index (χ0n) is 10.9. The number of aryl methyl sites for hydroxylation is 1. The predicted octanol–water partition coefficient (Wildman–Crippen LogP) is 2.05. The van der Waals surface area contributed by atoms with Crippen LogP contribution < -0.4 is 5.32 Å². The van der Waals surface area contributed by atoms with Crippen LogP contribution in [0, 0.1) is 6.92 Å². The van der Waals surface area contributed by atoms with Gasteiger partial charge in [-0.3, -0.25) is 0 Å². The van der Waals surface area contributed by atoms with E-state index in [1.807, 2.05) is 37.3 Å². The zero-order chi connectivity index (χ0) is 13.8. The SMILES string of the molecule is COCC(Nc1nc2ccccc2cc1C)C(=O)O. The second kappa shape index (κ2) is 5.67. The summed E-state index contributed by atoms with van der Waals surface area (Å²) in [6, 6.07) is 8.89. The number of hydrogen-bond acceptors (Lipinski definition) is 4. The lowest BCUT2D eigenvalue weighted by Crippen LogP contribution is -2.34. The van der Waals surface area contributed by atoms with Crippen LogP contribution in [-0.2, 0) is 9.53 Å². The normalized spacial score (nSPS) is 12.3. The molecule has 5 heteroatoms. The molecule has 100 valence electrons. The lowest BCUT2D eigenvalue weighted by atomic mass is 10.1. The molecule has 1 atom stereocenters. The average Bonchev–Trinajstić information content (AvgIpc) is 2.38. The number of aromatic nitrogens is 1. The molecule has 0 amide bonds. The Kier molecular flexibility index (Phi) is 3.97. The van der Waals surface area contributed by atoms with Crippen LogP contribution in [0.15, 0.2) is 30.3 Å². The fourth-order valence-corrected chi connectivity index (χ4v) is 1.87. The number of nitrogens with one attached hydrogen (secondary N) is 1. The van der Waals surface area contributed by atoms with E-state index >= 15 is 0 Å². The second-order valence-electron chi connectivity index (χ2n) is 4.34. The molecule has 0 saturated carbocycles. The number of carbonyl (C=O) groups is 1. The largest absolute Gasteiger partial charge is 0.480 e. The van der Waals surface area contributed by atoms with Crippen LogP contribution in [0.3, 0.4) is 0 Å². The highest BCUT2D eigenvalue weighted by molar-refractivity contribution is 5.83. The molecule has 0 radical (unpaired) electrons. The number of hydrogen-bond donors (Lipinski definition) is 2. The molecule has 1 aromatic heterocycles. The summed E-state index contributed by atoms with van der Waals surface area (Å²) in [4.78, 5) is 15.5. The molecule has 1 unspecified atom stereocenters. The number of nitrogens with zero attached hydrogens (tertiary/aromatic N) is 1. The van der Waals surface area contributed by atoms with Gasteiger partial charge in [0, 0.05) is 12.5 Å². The standard InChI is InChI=1S/C14H16N2O3/c1-9-7-10-5-3-4-6-11(10)15-13(9)16-12(8-19-2)14(17)18/h3-7,12H,8H2,1-2H3,(H,15,16)(H,17,18). The molecule has 0 fully saturated rings. The van der Waals surface area contributed by atoms with Gasteiger partial charge in [0.25, 0.3) is 0 Å². The topological polar surface area (TPSA) is 71.5 Å². The number of aliphatic carboxylic acids is 1. The summed E-state index contributed by atoms with van der Waals surface area (Å²) in [7, 11) is 1.47. The maximum Gasteiger partial charge on any atom is 0.328 e. The monoisotopic (exact) mass is 260 g/mol. The number of ether oxygens (including phenoxy) is 1. The number of carboxylic acid groups (broad SMARTS) is 1. The Balaban J connectivity index is 2.33. The van der Waals surface area contributed by atoms with Gasteiger partial charge >= 0.3 is 5.97 Å². The highest BCUT2D eigenvalue weighted by atomic mass is 16.5. The van der Waals surface area contributed by atoms with Gasteiger partial charge < -0.3 is 15.2 Å². The Labute approximate surface area is 111 Å². The molecule has 2 rings (SSSR count). The Bertz CT molecular complexity index is 598. The first-order chi connectivity index (χ1) is 9.11. The first-order valence-electron chi connectivity index (χ1n) is 5.96. The summed E-state index contributed by atoms with van der Waals surface area (Å²) in [6.07, 6.45) is 0. The van der Waals surface area contributed by atoms with Crippen LogP contribution in [-0.4, -0.2) is 35.8 Å². The molecule has 0 saturated heterocycles. The molecule has 1 heterocycles. The summed E-state index contributed by atoms with van der Waals surface area (Å²) in [6.45, 7) is 1.98. The quantitative estimate of drug-likeness (QED) is 0.861. The number of pyridine rings is 1. The first kappa shape index (κ1) is 13.3. The van der Waals surface area contributed by atoms with Crippen molar-refractivity contribution in [2.45, 2.75) is 13.0 Å². The van der Waals surface area contributed by atoms with E-state index in [1.165, 1.54) is 7.11 Å². The highest BCUT2D eigenvalue weighted by Crippen LogP contribution is 2.20. The van der Waals surface area contributed by atoms with Crippen molar-refractivity contribution >= 4 is 22.7 Å². The van der Waals surface area contributed by atoms with E-state index in [0.29, 0.717) is 5.82 Å². The highest BCUT2D eigenvalue weighted by Gasteiger charge is 2.18. The zero-order valence-corrected chi connectivity index (χ0v) is 10.9. The summed E-state index contributed by atoms with van der Waals surface area (Å²) in [5, 5.41) is 13.0. The molecule has 5 nitrogen and oxygen atoms in total. The van der Waals surface area contributed by atoms with E-state index in [4.69, 9.17) is 9.84 Å². The molecule has 0 spiro atoms. The van der Waals surface area contributed by atoms with Gasteiger partial charge in [0.05, 0.1) is 12.1 Å². The van der Waals surface area contributed by atoms with Gasteiger partial charge in [-0.25, -0.2) is 9.78 Å². The van der Waals surface area contributed by atoms with Crippen molar-refractivity contribution < 1.29 is 14.6 Å². The molecule has 2 N–H and O–H groups in total. The van der Waals surface area contributed by atoms with Crippen molar-refractivity contribution in [1.82, 2.24) is 4.98 Å². The molecule has 0 aliphatic heterocycles. The third-order valence-corrected chi connectivity index (χ3v) is 2.86. The van der Waals surface area contributed by atoms with Gasteiger partial charge in [0.1, 0.15) is 11.9 Å². The van der Waals surface area contributed by atoms with Gasteiger partial charge in [-0.2, -0.15) is 0 Å². The third-order valence-electron chi connectivity index (χ3n) is 2.86. The van der Waals surface area contributed by atoms with Gasteiger partial charge in [0.2, 0.25) is 0 Å². The number of carboxylic acids is 1. The minimum atomic E-state index is -0.962. The van der Waals surface area contributed by atoms with Crippen molar-refractivity contribution in [2.24, 2.45) is 0 Å². The molecule has 2 aromatic rings. The molecule has 0 aliphatic rings. The van der Waals surface area contributed by atoms with Crippen molar-refractivity contribution in [1.29, 1.82) is 0 Å². The van der Waals surface area contributed by atoms with Crippen molar-refractivity contribution in [3.63, 3.8) is 0 Å². The molecule has 0 bridgehead atoms. The van der Waals surface area contributed by atoms with Gasteiger partial charge in [-0.15, -0.1) is 0 Å². The lowest BCUT2D eigenvalue weighted by Gasteiger charge is -2.16. The summed E-state index contributed by atoms with van der Waals surface area (Å²) >= 11 is 0. The van der Waals surface area contributed by atoms with Gasteiger partial charge in [0.15, 0.2) is 0 Å². The molecule has 19 heavy (non-hydrogen) atoms. The van der Waals surface area contributed by atoms with Crippen molar-refractivity contribution in [3.05, 3.63) is 35.9 Å². The number of methoxy groups -OCH3 is 1. The summed E-state index contributed by atoms with van der Waals surface area (Å²) in [5.74, 6) is -0.389. The number of para-hydroxylation sites is 1. The second-order valence-corrected chi connectivity index (χ2v) is 4.34. The minimum Gasteiger partial charge on any atom is -0.480 e. The molecule has 0 aliphatic carbocycles. The number of fused-ring (bicyclic) bond motifs is 1. The number of rotatable bonds is 5. The fourth-order valence-electron chi connectivity index (χ4n) is 1.87. The average molecular weight is 260 g/mol. The smallest absolute Gasteiger partial charge is 0.328 e. The molecule has 1 aromatic carbocycles. The maximum absolute atomic E-state index is 11.1. The van der Waals surface area contributed by atoms with E-state index in [0.717, 1.165) is 16.5 Å². The Morgan fingerprint density at radius 2 is 2.21 bits per heavy atom. The summed E-state index contributed by atoms with van der Waals surface area (Å²) < 4.78 is 4.89. The van der Waals surface area contributed by atoms with E-state index in [-0.39, 0.29) is 6.61 Å². The van der Waals surface area contributed by atoms with Crippen LogP contribution in [0.25, 0.3) is 10.9 Å². The van der Waals surface area contributed by atoms with Crippen molar-refractivity contribution in [2.75, 3.05) is 19.0 Å². The van der Waals surface area contributed by atoms with Crippen LogP contribution in [0.2, 0.25) is 0 Å². The van der Waals surface area contributed by atoms with Gasteiger partial charge in [-0.1, -0.05) is 18.2 Å². The Hall–Kier alpha value is -2.14. The first-order valence-corrected chi connectivity index (χ1v) is 5.96. The number of benzene rings is 1. The van der Waals surface area contributed by atoms with Crippen LogP contribution in [0.5, 0.6) is 0 Å². The Morgan fingerprint density at radius 3 is 2.89 bits per heavy atom. The molecular formula is C14H16N2O3. The van der Waals surface area contributed by atoms with Crippen LogP contribution in [0.4, 0.5) is 5.82 Å². The van der Waals surface area contributed by atoms with E-state index in [9.17, 15) is 4.79 Å². The van der Waals surface area contributed by atoms with Crippen LogP contribution in [0.1, 0.15) is 5.56 Å². The maximum atomic E-state index is 11.1. The summed E-state index contributed by atoms with van der Waals surface area (Å²) in [5.41, 5.74) is 1.73. The molecular weight excluding hydrogens is 244 g/mol. The van der Waals surface area contributed by atoms with Crippen LogP contribution >= 0.6 is 0 Å². The predicted molar refractivity (Wildman–Crippen MR) is 73.4 cm³/mol. The van der Waals surface area contributed by atoms with E-state index in [1.54, 1.807) is 0 Å². The Morgan fingerprint density at radius 1 is 1.47 bits per heavy atom. The van der Waals surface area contributed by atoms with E-state index in [2.05, 4.69) is 10.3 Å². The van der Waals surface area contributed by atoms with Crippen molar-refractivity contribution in [3.8, 4) is 0 Å². The lowest BCUT2D eigenvalue weighted by molar-refractivity contribution is -0.139. The third kappa shape index (κ3) is 3.00. The minimum absolute atomic E-state index is 0.0866. The fraction of sp³-hybridized carbons (Fsp3) is 0.286. The number of anilines is 1. The van der Waals surface area contributed by atoms with Gasteiger partial charge in [-0.05, 0) is 24.6 Å².